The van der Waals surface area contributed by atoms with Crippen LogP contribution in [0.3, 0.4) is 0 Å². The molecule has 4 nitrogen and oxygen atoms in total. The van der Waals surface area contributed by atoms with Gasteiger partial charge in [0.05, 0.1) is 0 Å². The molecule has 0 heterocycles. The molecule has 0 aliphatic carbocycles. The number of rotatable bonds is 7. The van der Waals surface area contributed by atoms with Crippen molar-refractivity contribution in [3.63, 3.8) is 0 Å². The molecule has 5 heteroatoms. The number of nitrogens with zero attached hydrogens (tertiary/aromatic N) is 1. The summed E-state index contributed by atoms with van der Waals surface area (Å²) in [4.78, 5) is 23.0. The van der Waals surface area contributed by atoms with Crippen LogP contribution in [-0.2, 0) is 14.3 Å². The SMILES string of the molecule is CCOC(=O)CCCC(=O)[N](C)[Ge][c]1ccccc1. The molecule has 1 amide bonds. The maximum absolute atomic E-state index is 11.9. The van der Waals surface area contributed by atoms with E-state index in [1.807, 2.05) is 37.4 Å². The molecule has 0 aliphatic heterocycles. The molecule has 0 fully saturated rings. The van der Waals surface area contributed by atoms with Gasteiger partial charge in [0.2, 0.25) is 0 Å². The third kappa shape index (κ3) is 6.43. The van der Waals surface area contributed by atoms with Crippen molar-refractivity contribution < 1.29 is 14.3 Å². The minimum absolute atomic E-state index is 0.105. The molecule has 0 spiro atoms. The van der Waals surface area contributed by atoms with Crippen LogP contribution in [0.15, 0.2) is 30.3 Å². The van der Waals surface area contributed by atoms with Gasteiger partial charge in [-0.2, -0.15) is 0 Å². The maximum atomic E-state index is 11.9. The predicted molar refractivity (Wildman–Crippen MR) is 75.1 cm³/mol. The average molecular weight is 322 g/mol. The first-order valence-corrected chi connectivity index (χ1v) is 8.36. The summed E-state index contributed by atoms with van der Waals surface area (Å²) in [6.45, 7) is 2.18. The molecule has 2 radical (unpaired) electrons. The van der Waals surface area contributed by atoms with E-state index >= 15 is 0 Å². The Morgan fingerprint density at radius 2 is 1.89 bits per heavy atom. The Labute approximate surface area is 120 Å². The van der Waals surface area contributed by atoms with Crippen LogP contribution in [0.25, 0.3) is 0 Å². The molecular weight excluding hydrogens is 303 g/mol. The van der Waals surface area contributed by atoms with E-state index in [2.05, 4.69) is 0 Å². The van der Waals surface area contributed by atoms with Gasteiger partial charge in [-0.15, -0.1) is 0 Å². The number of hydrogen-bond acceptors (Lipinski definition) is 3. The van der Waals surface area contributed by atoms with E-state index in [4.69, 9.17) is 4.74 Å². The van der Waals surface area contributed by atoms with Crippen LogP contribution in [0, 0.1) is 0 Å². The third-order valence-corrected chi connectivity index (χ3v) is 4.99. The fourth-order valence-electron chi connectivity index (χ4n) is 1.55. The molecule has 0 aromatic heterocycles. The van der Waals surface area contributed by atoms with Gasteiger partial charge in [0, 0.05) is 0 Å². The molecule has 1 aromatic carbocycles. The van der Waals surface area contributed by atoms with Gasteiger partial charge in [0.25, 0.3) is 0 Å². The summed E-state index contributed by atoms with van der Waals surface area (Å²) in [5, 5.41) is 0. The molecule has 102 valence electrons. The van der Waals surface area contributed by atoms with E-state index in [-0.39, 0.29) is 11.9 Å². The van der Waals surface area contributed by atoms with Gasteiger partial charge in [0.1, 0.15) is 0 Å². The predicted octanol–water partition coefficient (Wildman–Crippen LogP) is 1.12. The molecule has 0 saturated carbocycles. The molecule has 19 heavy (non-hydrogen) atoms. The summed E-state index contributed by atoms with van der Waals surface area (Å²) in [6, 6.07) is 10.0. The summed E-state index contributed by atoms with van der Waals surface area (Å²) in [6.07, 6.45) is 1.29. The Kier molecular flexibility index (Phi) is 7.25. The quantitative estimate of drug-likeness (QED) is 0.558. The number of hydrogen-bond donors (Lipinski definition) is 0. The van der Waals surface area contributed by atoms with Crippen LogP contribution < -0.4 is 4.40 Å². The first-order chi connectivity index (χ1) is 9.13. The van der Waals surface area contributed by atoms with Gasteiger partial charge in [0.15, 0.2) is 0 Å². The van der Waals surface area contributed by atoms with E-state index < -0.39 is 15.7 Å². The van der Waals surface area contributed by atoms with E-state index in [1.54, 1.807) is 10.8 Å². The van der Waals surface area contributed by atoms with Crippen LogP contribution in [0.1, 0.15) is 26.2 Å². The Bertz CT molecular complexity index is 408. The molecule has 0 atom stereocenters. The van der Waals surface area contributed by atoms with Gasteiger partial charge in [-0.05, 0) is 0 Å². The second kappa shape index (κ2) is 8.74. The average Bonchev–Trinajstić information content (AvgIpc) is 2.40. The molecule has 1 aromatic rings. The van der Waals surface area contributed by atoms with Crippen molar-refractivity contribution in [1.82, 2.24) is 3.86 Å². The fourth-order valence-corrected chi connectivity index (χ4v) is 3.58. The van der Waals surface area contributed by atoms with Crippen molar-refractivity contribution in [1.29, 1.82) is 0 Å². The standard InChI is InChI=1S/C14H19GeNO3/c1-3-19-14(18)11-7-10-13(17)16(2)15-12-8-5-4-6-9-12/h4-6,8-9H,3,7,10-11H2,1-2H3. The molecule has 0 bridgehead atoms. The van der Waals surface area contributed by atoms with E-state index in [1.165, 1.54) is 4.40 Å². The number of amides is 1. The number of benzene rings is 1. The van der Waals surface area contributed by atoms with Gasteiger partial charge < -0.3 is 0 Å². The van der Waals surface area contributed by atoms with Crippen LogP contribution in [0.2, 0.25) is 0 Å². The van der Waals surface area contributed by atoms with Gasteiger partial charge in [-0.25, -0.2) is 0 Å². The van der Waals surface area contributed by atoms with Crippen molar-refractivity contribution >= 4 is 31.9 Å². The first kappa shape index (κ1) is 15.8. The van der Waals surface area contributed by atoms with Crippen molar-refractivity contribution in [2.24, 2.45) is 0 Å². The monoisotopic (exact) mass is 323 g/mol. The number of esters is 1. The Morgan fingerprint density at radius 1 is 1.21 bits per heavy atom. The van der Waals surface area contributed by atoms with E-state index in [0.29, 0.717) is 25.9 Å². The zero-order valence-corrected chi connectivity index (χ0v) is 13.5. The summed E-state index contributed by atoms with van der Waals surface area (Å²) in [7, 11) is 1.83. The number of ether oxygens (including phenoxy) is 1. The van der Waals surface area contributed by atoms with Crippen LogP contribution in [0.5, 0.6) is 0 Å². The molecule has 0 aliphatic rings. The second-order valence-electron chi connectivity index (χ2n) is 4.09. The van der Waals surface area contributed by atoms with E-state index in [9.17, 15) is 9.59 Å². The molecular formula is C14H19GeNO3. The van der Waals surface area contributed by atoms with Gasteiger partial charge >= 0.3 is 120 Å². The van der Waals surface area contributed by atoms with Crippen LogP contribution in [0.4, 0.5) is 0 Å². The van der Waals surface area contributed by atoms with Crippen LogP contribution in [-0.4, -0.2) is 45.0 Å². The summed E-state index contributed by atoms with van der Waals surface area (Å²) in [5.41, 5.74) is 0. The second-order valence-corrected chi connectivity index (χ2v) is 7.18. The Balaban J connectivity index is 2.27. The summed E-state index contributed by atoms with van der Waals surface area (Å²) in [5.74, 6) is -0.120. The molecule has 1 rings (SSSR count). The van der Waals surface area contributed by atoms with E-state index in [0.717, 1.165) is 0 Å². The van der Waals surface area contributed by atoms with Crippen molar-refractivity contribution in [2.75, 3.05) is 13.7 Å². The fraction of sp³-hybridized carbons (Fsp3) is 0.429. The first-order valence-electron chi connectivity index (χ1n) is 6.37. The summed E-state index contributed by atoms with van der Waals surface area (Å²) < 4.78 is 7.86. The summed E-state index contributed by atoms with van der Waals surface area (Å²) >= 11 is -0.592. The zero-order valence-electron chi connectivity index (χ0n) is 11.4. The Hall–Kier alpha value is -1.30. The zero-order chi connectivity index (χ0) is 14.1. The van der Waals surface area contributed by atoms with Crippen LogP contribution >= 0.6 is 0 Å². The molecule has 0 unspecified atom stereocenters. The van der Waals surface area contributed by atoms with Gasteiger partial charge in [-0.1, -0.05) is 0 Å². The van der Waals surface area contributed by atoms with Crippen molar-refractivity contribution in [3.8, 4) is 0 Å². The minimum atomic E-state index is -0.592. The Morgan fingerprint density at radius 3 is 2.53 bits per heavy atom. The van der Waals surface area contributed by atoms with Crippen molar-refractivity contribution in [3.05, 3.63) is 30.3 Å². The number of carbonyl (C=O) groups is 2. The third-order valence-electron chi connectivity index (χ3n) is 2.52. The topological polar surface area (TPSA) is 46.6 Å². The molecule has 0 N–H and O–H groups in total. The molecule has 0 saturated heterocycles. The van der Waals surface area contributed by atoms with Crippen molar-refractivity contribution in [2.45, 2.75) is 26.2 Å². The number of carbonyl (C=O) groups excluding carboxylic acids is 2. The normalized spacial score (nSPS) is 10.0. The van der Waals surface area contributed by atoms with Gasteiger partial charge in [-0.3, -0.25) is 0 Å².